The first-order valence-electron chi connectivity index (χ1n) is 9.90. The quantitative estimate of drug-likeness (QED) is 0.238. The molecular weight excluding hydrogens is 450 g/mol. The van der Waals surface area contributed by atoms with Crippen LogP contribution < -0.4 is 24.8 Å². The van der Waals surface area contributed by atoms with Gasteiger partial charge in [-0.3, -0.25) is 19.7 Å². The van der Waals surface area contributed by atoms with Crippen molar-refractivity contribution in [2.24, 2.45) is 0 Å². The van der Waals surface area contributed by atoms with Crippen molar-refractivity contribution in [3.05, 3.63) is 58.5 Å². The van der Waals surface area contributed by atoms with Gasteiger partial charge in [-0.05, 0) is 24.3 Å². The molecule has 1 aromatic heterocycles. The summed E-state index contributed by atoms with van der Waals surface area (Å²) in [5, 5.41) is 19.8. The highest BCUT2D eigenvalue weighted by atomic mass is 16.6. The van der Waals surface area contributed by atoms with Crippen molar-refractivity contribution in [2.45, 2.75) is 0 Å². The molecule has 3 rings (SSSR count). The number of nitrogens with one attached hydrogen (secondary N) is 2. The number of ether oxygens (including phenoxy) is 3. The topological polar surface area (TPSA) is 168 Å². The molecule has 34 heavy (non-hydrogen) atoms. The average Bonchev–Trinajstić information content (AvgIpc) is 3.35. The molecule has 13 nitrogen and oxygen atoms in total. The molecule has 2 N–H and O–H groups in total. The summed E-state index contributed by atoms with van der Waals surface area (Å²) in [6.45, 7) is -0.261. The second-order valence-electron chi connectivity index (χ2n) is 6.61. The Bertz CT molecular complexity index is 1180. The lowest BCUT2D eigenvalue weighted by atomic mass is 10.2. The van der Waals surface area contributed by atoms with E-state index in [1.165, 1.54) is 32.4 Å². The van der Waals surface area contributed by atoms with Crippen LogP contribution in [0.1, 0.15) is 10.7 Å². The Kier molecular flexibility index (Phi) is 7.94. The second kappa shape index (κ2) is 11.3. The number of methoxy groups -OCH3 is 2. The third-order valence-electron chi connectivity index (χ3n) is 4.42. The van der Waals surface area contributed by atoms with Gasteiger partial charge in [-0.1, -0.05) is 17.3 Å². The van der Waals surface area contributed by atoms with E-state index in [0.29, 0.717) is 17.1 Å². The lowest BCUT2D eigenvalue weighted by molar-refractivity contribution is -0.385. The number of carbonyl (C=O) groups is 2. The van der Waals surface area contributed by atoms with Gasteiger partial charge in [-0.25, -0.2) is 0 Å². The van der Waals surface area contributed by atoms with Gasteiger partial charge in [-0.2, -0.15) is 4.98 Å². The van der Waals surface area contributed by atoms with Gasteiger partial charge < -0.3 is 29.4 Å². The van der Waals surface area contributed by atoms with Crippen molar-refractivity contribution in [3.8, 4) is 28.6 Å². The Morgan fingerprint density at radius 3 is 2.50 bits per heavy atom. The van der Waals surface area contributed by atoms with Gasteiger partial charge in [0.1, 0.15) is 0 Å². The molecule has 0 saturated carbocycles. The maximum Gasteiger partial charge on any atom is 0.316 e. The van der Waals surface area contributed by atoms with Crippen LogP contribution in [-0.2, 0) is 4.79 Å². The highest BCUT2D eigenvalue weighted by Crippen LogP contribution is 2.31. The Labute approximate surface area is 193 Å². The highest BCUT2D eigenvalue weighted by Gasteiger charge is 2.18. The van der Waals surface area contributed by atoms with E-state index in [-0.39, 0.29) is 36.2 Å². The summed E-state index contributed by atoms with van der Waals surface area (Å²) in [6.07, 6.45) is 0. The first kappa shape index (κ1) is 24.0. The van der Waals surface area contributed by atoms with Crippen LogP contribution in [-0.4, -0.2) is 60.8 Å². The number of carbonyl (C=O) groups excluding carboxylic acids is 2. The third kappa shape index (κ3) is 5.97. The maximum atomic E-state index is 12.2. The van der Waals surface area contributed by atoms with Crippen molar-refractivity contribution in [3.63, 3.8) is 0 Å². The second-order valence-corrected chi connectivity index (χ2v) is 6.61. The fourth-order valence-electron chi connectivity index (χ4n) is 2.79. The number of amides is 2. The summed E-state index contributed by atoms with van der Waals surface area (Å²) in [5.41, 5.74) is 0.320. The number of aromatic nitrogens is 2. The van der Waals surface area contributed by atoms with Crippen LogP contribution in [0.5, 0.6) is 17.2 Å². The van der Waals surface area contributed by atoms with Gasteiger partial charge in [0.05, 0.1) is 19.1 Å². The van der Waals surface area contributed by atoms with E-state index in [2.05, 4.69) is 20.8 Å². The van der Waals surface area contributed by atoms with E-state index >= 15 is 0 Å². The zero-order chi connectivity index (χ0) is 24.5. The molecule has 0 bridgehead atoms. The number of benzene rings is 2. The molecule has 178 valence electrons. The number of nitro groups is 1. The zero-order valence-corrected chi connectivity index (χ0v) is 18.3. The number of nitro benzene ring substituents is 1. The number of rotatable bonds is 11. The molecule has 0 spiro atoms. The van der Waals surface area contributed by atoms with Gasteiger partial charge >= 0.3 is 17.5 Å². The Morgan fingerprint density at radius 1 is 1.03 bits per heavy atom. The first-order valence-corrected chi connectivity index (χ1v) is 9.90. The van der Waals surface area contributed by atoms with E-state index in [0.717, 1.165) is 0 Å². The lowest BCUT2D eigenvalue weighted by Crippen LogP contribution is -2.36. The molecular formula is C21H21N5O8. The molecule has 0 unspecified atom stereocenters. The van der Waals surface area contributed by atoms with E-state index in [1.807, 2.05) is 0 Å². The Hall–Kier alpha value is -4.68. The zero-order valence-electron chi connectivity index (χ0n) is 18.3. The van der Waals surface area contributed by atoms with Crippen molar-refractivity contribution in [1.29, 1.82) is 0 Å². The molecule has 2 amide bonds. The Balaban J connectivity index is 1.45. The molecule has 2 aromatic carbocycles. The van der Waals surface area contributed by atoms with Gasteiger partial charge in [0.25, 0.3) is 5.91 Å². The van der Waals surface area contributed by atoms with Crippen molar-refractivity contribution in [2.75, 3.05) is 33.9 Å². The summed E-state index contributed by atoms with van der Waals surface area (Å²) < 4.78 is 20.6. The molecule has 0 aliphatic heterocycles. The molecule has 0 saturated heterocycles. The maximum absolute atomic E-state index is 12.2. The van der Waals surface area contributed by atoms with Crippen molar-refractivity contribution in [1.82, 2.24) is 20.8 Å². The van der Waals surface area contributed by atoms with Gasteiger partial charge in [0.2, 0.25) is 5.82 Å². The van der Waals surface area contributed by atoms with Crippen LogP contribution in [0.25, 0.3) is 11.4 Å². The molecule has 13 heteroatoms. The smallest absolute Gasteiger partial charge is 0.316 e. The average molecular weight is 471 g/mol. The van der Waals surface area contributed by atoms with Crippen molar-refractivity contribution >= 4 is 17.5 Å². The summed E-state index contributed by atoms with van der Waals surface area (Å²) in [5.74, 6) is -0.217. The van der Waals surface area contributed by atoms with E-state index in [4.69, 9.17) is 18.7 Å². The van der Waals surface area contributed by atoms with Crippen LogP contribution in [0.4, 0.5) is 5.69 Å². The van der Waals surface area contributed by atoms with Crippen LogP contribution in [0.2, 0.25) is 0 Å². The van der Waals surface area contributed by atoms with Crippen LogP contribution in [0, 0.1) is 10.1 Å². The predicted octanol–water partition coefficient (Wildman–Crippen LogP) is 1.59. The normalized spacial score (nSPS) is 10.3. The predicted molar refractivity (Wildman–Crippen MR) is 117 cm³/mol. The van der Waals surface area contributed by atoms with E-state index < -0.39 is 23.3 Å². The van der Waals surface area contributed by atoms with Gasteiger partial charge in [-0.15, -0.1) is 0 Å². The summed E-state index contributed by atoms with van der Waals surface area (Å²) in [6, 6.07) is 10.7. The van der Waals surface area contributed by atoms with Crippen molar-refractivity contribution < 1.29 is 33.2 Å². The van der Waals surface area contributed by atoms with Crippen LogP contribution in [0.15, 0.2) is 47.0 Å². The fourth-order valence-corrected chi connectivity index (χ4v) is 2.79. The molecule has 0 atom stereocenters. The molecule has 0 radical (unpaired) electrons. The minimum Gasteiger partial charge on any atom is -0.493 e. The standard InChI is InChI=1S/C21H21N5O8/c1-31-16-8-7-13(11-17(16)32-2)19-24-21(34-25-19)20(28)23-10-9-22-18(27)12-33-15-6-4-3-5-14(15)26(29)30/h3-8,11H,9-10,12H2,1-2H3,(H,22,27)(H,23,28). The number of hydrogen-bond donors (Lipinski definition) is 2. The largest absolute Gasteiger partial charge is 0.493 e. The molecule has 1 heterocycles. The van der Waals surface area contributed by atoms with E-state index in [1.54, 1.807) is 24.3 Å². The monoisotopic (exact) mass is 471 g/mol. The highest BCUT2D eigenvalue weighted by molar-refractivity contribution is 5.90. The van der Waals surface area contributed by atoms with E-state index in [9.17, 15) is 19.7 Å². The lowest BCUT2D eigenvalue weighted by Gasteiger charge is -2.08. The van der Waals surface area contributed by atoms with Crippen LogP contribution >= 0.6 is 0 Å². The SMILES string of the molecule is COc1ccc(-c2noc(C(=O)NCCNC(=O)COc3ccccc3[N+](=O)[O-])n2)cc1OC. The minimum absolute atomic E-state index is 0.0161. The fraction of sp³-hybridized carbons (Fsp3) is 0.238. The number of hydrogen-bond acceptors (Lipinski definition) is 10. The molecule has 0 aliphatic rings. The van der Waals surface area contributed by atoms with Gasteiger partial charge in [0.15, 0.2) is 23.9 Å². The molecule has 0 fully saturated rings. The van der Waals surface area contributed by atoms with Gasteiger partial charge in [0, 0.05) is 24.7 Å². The summed E-state index contributed by atoms with van der Waals surface area (Å²) in [4.78, 5) is 38.5. The third-order valence-corrected chi connectivity index (χ3v) is 4.42. The number of nitrogens with zero attached hydrogens (tertiary/aromatic N) is 3. The Morgan fingerprint density at radius 2 is 1.76 bits per heavy atom. The number of para-hydroxylation sites is 2. The molecule has 0 aliphatic carbocycles. The van der Waals surface area contributed by atoms with Crippen LogP contribution in [0.3, 0.4) is 0 Å². The summed E-state index contributed by atoms with van der Waals surface area (Å²) >= 11 is 0. The minimum atomic E-state index is -0.621. The first-order chi connectivity index (χ1) is 16.4. The molecule has 3 aromatic rings. The summed E-state index contributed by atoms with van der Waals surface area (Å²) in [7, 11) is 3.01.